The van der Waals surface area contributed by atoms with Gasteiger partial charge in [-0.25, -0.2) is 22.8 Å². The molecule has 0 amide bonds. The molecule has 20 aromatic carbocycles. The van der Waals surface area contributed by atoms with Crippen LogP contribution in [0, 0.1) is 34.6 Å². The predicted octanol–water partition coefficient (Wildman–Crippen LogP) is 30.9. The number of rotatable bonds is 10. The monoisotopic (exact) mass is 1890 g/mol. The van der Waals surface area contributed by atoms with Crippen LogP contribution >= 0.6 is 0 Å². The molecule has 0 atom stereocenters. The molecule has 0 saturated heterocycles. The van der Waals surface area contributed by atoms with Crippen molar-refractivity contribution in [2.75, 3.05) is 0 Å². The molecule has 25 rings (SSSR count). The Morgan fingerprint density at radius 2 is 0.545 bits per heavy atom. The second kappa shape index (κ2) is 39.9. The fourth-order valence-electron chi connectivity index (χ4n) is 20.5. The number of alkyl halides is 3. The number of benzene rings is 20. The second-order valence-corrected chi connectivity index (χ2v) is 38.0. The molecule has 25 aromatic rings. The van der Waals surface area contributed by atoms with Crippen molar-refractivity contribution < 1.29 is 36.0 Å². The third-order valence-electron chi connectivity index (χ3n) is 28.1. The van der Waals surface area contributed by atoms with Crippen LogP contribution in [0.5, 0.6) is 0 Å². The van der Waals surface area contributed by atoms with Crippen molar-refractivity contribution in [2.45, 2.75) is 60.6 Å². The van der Waals surface area contributed by atoms with Gasteiger partial charge in [-0.2, -0.15) is 13.2 Å². The smallest absolute Gasteiger partial charge is 0.232 e. The highest BCUT2D eigenvalue weighted by Gasteiger charge is 2.32. The van der Waals surface area contributed by atoms with E-state index >= 15 is 0 Å². The van der Waals surface area contributed by atoms with Crippen LogP contribution in [0.25, 0.3) is 221 Å². The topological polar surface area (TPSA) is 83.8 Å². The molecule has 10 nitrogen and oxygen atoms in total. The van der Waals surface area contributed by atoms with E-state index in [4.69, 9.17) is 24.9 Å². The molecule has 0 bridgehead atoms. The molecule has 0 aliphatic carbocycles. The van der Waals surface area contributed by atoms with Crippen LogP contribution in [0.1, 0.15) is 58.7 Å². The highest BCUT2D eigenvalue weighted by molar-refractivity contribution is 6.16. The minimum atomic E-state index is -4.36. The first-order valence-electron chi connectivity index (χ1n) is 49.2. The zero-order chi connectivity index (χ0) is 99.8. The normalized spacial score (nSPS) is 11.5. The number of nitrogens with zero attached hydrogens (tertiary/aromatic N) is 10. The number of fused-ring (bicyclic) bond motifs is 16. The van der Waals surface area contributed by atoms with Crippen LogP contribution in [-0.2, 0) is 41.4 Å². The van der Waals surface area contributed by atoms with Gasteiger partial charge in [-0.1, -0.05) is 341 Å². The summed E-state index contributed by atoms with van der Waals surface area (Å²) < 4.78 is 49.8. The Bertz CT molecular complexity index is 9330. The molecule has 0 radical (unpaired) electrons. The lowest BCUT2D eigenvalue weighted by Gasteiger charge is -2.12. The van der Waals surface area contributed by atoms with Crippen molar-refractivity contribution in [3.63, 3.8) is 0 Å². The lowest BCUT2D eigenvalue weighted by atomic mass is 9.93. The van der Waals surface area contributed by atoms with Gasteiger partial charge in [-0.3, -0.25) is 0 Å². The number of hydrogen-bond acceptors (Lipinski definition) is 5. The third kappa shape index (κ3) is 18.5. The van der Waals surface area contributed by atoms with Gasteiger partial charge in [0.2, 0.25) is 0 Å². The average Bonchev–Trinajstić information content (AvgIpc) is 0.725. The van der Waals surface area contributed by atoms with Gasteiger partial charge in [0.1, 0.15) is 30.5 Å². The Balaban J connectivity index is 0.000000107. The lowest BCUT2D eigenvalue weighted by Crippen LogP contribution is -2.35. The summed E-state index contributed by atoms with van der Waals surface area (Å²) in [6.45, 7) is 15.1. The largest absolute Gasteiger partial charge is 0.416 e. The molecule has 5 aromatic heterocycles. The number of aromatic nitrogens is 10. The van der Waals surface area contributed by atoms with Crippen molar-refractivity contribution in [1.82, 2.24) is 24.9 Å². The van der Waals surface area contributed by atoms with Crippen LogP contribution < -0.4 is 22.8 Å². The second-order valence-electron chi connectivity index (χ2n) is 38.0. The Hall–Kier alpha value is -17.6. The molecule has 0 saturated carbocycles. The first-order chi connectivity index (χ1) is 70.5. The summed E-state index contributed by atoms with van der Waals surface area (Å²) in [5.74, 6) is 5.33. The van der Waals surface area contributed by atoms with Crippen LogP contribution in [0.15, 0.2) is 431 Å². The molecule has 0 unspecified atom stereocenters. The van der Waals surface area contributed by atoms with Crippen LogP contribution in [0.2, 0.25) is 0 Å². The van der Waals surface area contributed by atoms with E-state index in [1.54, 1.807) is 0 Å². The van der Waals surface area contributed by atoms with E-state index in [0.717, 1.165) is 113 Å². The van der Waals surface area contributed by atoms with Crippen molar-refractivity contribution in [3.8, 4) is 102 Å². The first-order valence-corrected chi connectivity index (χ1v) is 49.2. The minimum absolute atomic E-state index is 0.528. The van der Waals surface area contributed by atoms with E-state index in [2.05, 4.69) is 453 Å². The van der Waals surface area contributed by atoms with Gasteiger partial charge in [-0.15, -0.1) is 0 Å². The minimum Gasteiger partial charge on any atom is -0.232 e. The lowest BCUT2D eigenvalue weighted by molar-refractivity contribution is -0.661. The van der Waals surface area contributed by atoms with Crippen molar-refractivity contribution in [2.24, 2.45) is 35.2 Å². The standard InChI is InChI=1S/C29H27N2.C27H20F3N2.2C26H21N2.C24H19N2/c1-19(2)21-13-15-22(16-14-21)26-17-28-27(25-12-8-7-11-24(25)26)18-31(4)29(30-28)23-10-6-5-9-20(23)3;1-17-7-3-4-8-20(17)26-31-25-15-23(18-11-13-19(14-12-18)27(28,29)30)21-9-5-6-10-22(21)24(25)16-32(26)2;1-18-10-6-8-14-21(18)26-27-24-22-15-9-7-11-19(22)16-17-23(24)25(28(26)2)20-12-4-3-5-13-20;1-18-10-6-7-13-20(18)26-27-25-16-23(19-11-4-3-5-12-19)21-14-8-9-15-22(21)24(25)17-28(26)2;1-16-11-12-18-8-4-6-10-20(18)23(16)24-25-22-14-13-17-7-3-5-9-19(17)21(22)15-26(24)2/h5-19H,1-4H3;3-16H,1-2H3;2*3-17H,1-2H3;3-15H,1-2H3/q5*+1. The van der Waals surface area contributed by atoms with Crippen LogP contribution in [-0.4, -0.2) is 24.9 Å². The quantitative estimate of drug-likeness (QED) is 0.101. The molecule has 5 heterocycles. The van der Waals surface area contributed by atoms with E-state index < -0.39 is 11.7 Å². The summed E-state index contributed by atoms with van der Waals surface area (Å²) in [7, 11) is 10.3. The van der Waals surface area contributed by atoms with Gasteiger partial charge in [0.25, 0.3) is 0 Å². The fourth-order valence-corrected chi connectivity index (χ4v) is 20.5. The highest BCUT2D eigenvalue weighted by Crippen LogP contribution is 2.43. The molecule has 702 valence electrons. The third-order valence-corrected chi connectivity index (χ3v) is 28.1. The first kappa shape index (κ1) is 93.7. The molecular formula is C132H108F3N10+5. The van der Waals surface area contributed by atoms with Gasteiger partial charge >= 0.3 is 35.3 Å². The fraction of sp³-hybridized carbons (Fsp3) is 0.106. The molecule has 0 aliphatic heterocycles. The zero-order valence-electron chi connectivity index (χ0n) is 83.2. The Labute approximate surface area is 842 Å². The number of halogens is 3. The molecule has 13 heteroatoms. The van der Waals surface area contributed by atoms with Gasteiger partial charge in [0.05, 0.1) is 95.6 Å². The summed E-state index contributed by atoms with van der Waals surface area (Å²) in [4.78, 5) is 25.5. The molecular weight excluding hydrogens is 1780 g/mol. The zero-order valence-corrected chi connectivity index (χ0v) is 83.2. The molecule has 0 fully saturated rings. The van der Waals surface area contributed by atoms with Crippen molar-refractivity contribution >= 4 is 119 Å². The maximum atomic E-state index is 13.0. The molecule has 0 aliphatic rings. The maximum absolute atomic E-state index is 13.0. The SMILES string of the molecule is Cc1ccc2ccccc2c1-c1nc2ccc3ccccc3c2c[n+]1C.Cc1ccccc1-c1nc2c(ccc3ccccc32)c(-c2ccccc2)[n+]1C.Cc1ccccc1-c1nc2cc(-c3ccc(C(C)C)cc3)c3ccccc3c2c[n+]1C.Cc1ccccc1-c1nc2cc(-c3ccc(C(F)(F)F)cc3)c3ccccc3c2c[n+]1C.Cc1ccccc1-c1nc2cc(-c3ccccc3)c3ccccc3c2c[n+]1C. The average molecular weight is 1890 g/mol. The van der Waals surface area contributed by atoms with E-state index in [0.29, 0.717) is 5.92 Å². The van der Waals surface area contributed by atoms with E-state index in [-0.39, 0.29) is 0 Å². The van der Waals surface area contributed by atoms with Gasteiger partial charge in [0.15, 0.2) is 27.6 Å². The summed E-state index contributed by atoms with van der Waals surface area (Å²) in [6.07, 6.45) is 4.35. The van der Waals surface area contributed by atoms with E-state index in [1.807, 2.05) is 60.1 Å². The van der Waals surface area contributed by atoms with Crippen molar-refractivity contribution in [3.05, 3.63) is 470 Å². The Morgan fingerprint density at radius 1 is 0.228 bits per heavy atom. The Morgan fingerprint density at radius 3 is 0.972 bits per heavy atom. The molecule has 0 spiro atoms. The van der Waals surface area contributed by atoms with Crippen molar-refractivity contribution in [1.29, 1.82) is 0 Å². The summed E-state index contributed by atoms with van der Waals surface area (Å²) in [6, 6.07) is 139. The van der Waals surface area contributed by atoms with Gasteiger partial charge in [0, 0.05) is 10.9 Å². The summed E-state index contributed by atoms with van der Waals surface area (Å²) in [5.41, 5.74) is 26.3. The summed E-state index contributed by atoms with van der Waals surface area (Å²) in [5, 5.41) is 20.1. The highest BCUT2D eigenvalue weighted by atomic mass is 19.4. The van der Waals surface area contributed by atoms with Gasteiger partial charge in [-0.05, 0) is 270 Å². The Kier molecular flexibility index (Phi) is 25.8. The van der Waals surface area contributed by atoms with Crippen LogP contribution in [0.4, 0.5) is 13.2 Å². The number of aryl methyl sites for hydroxylation is 9. The predicted molar refractivity (Wildman–Crippen MR) is 591 cm³/mol. The van der Waals surface area contributed by atoms with E-state index in [1.165, 1.54) is 166 Å². The number of hydrogen-bond donors (Lipinski definition) is 0. The van der Waals surface area contributed by atoms with E-state index in [9.17, 15) is 13.2 Å². The maximum Gasteiger partial charge on any atom is 0.416 e. The van der Waals surface area contributed by atoms with Gasteiger partial charge < -0.3 is 0 Å². The molecule has 0 N–H and O–H groups in total. The summed E-state index contributed by atoms with van der Waals surface area (Å²) >= 11 is 0. The molecule has 145 heavy (non-hydrogen) atoms. The van der Waals surface area contributed by atoms with Crippen LogP contribution in [0.3, 0.4) is 0 Å².